The second kappa shape index (κ2) is 3.39. The first-order chi connectivity index (χ1) is 8.92. The van der Waals surface area contributed by atoms with E-state index in [4.69, 9.17) is 0 Å². The Morgan fingerprint density at radius 3 is 3.11 bits per heavy atom. The van der Waals surface area contributed by atoms with Gasteiger partial charge in [0.15, 0.2) is 5.82 Å². The van der Waals surface area contributed by atoms with Gasteiger partial charge in [-0.2, -0.15) is 15.2 Å². The number of rotatable bonds is 1. The van der Waals surface area contributed by atoms with Gasteiger partial charge in [-0.1, -0.05) is 0 Å². The number of hydrogen-bond acceptors (Lipinski definition) is 7. The van der Waals surface area contributed by atoms with E-state index in [1.807, 2.05) is 23.1 Å². The Morgan fingerprint density at radius 1 is 1.22 bits per heavy atom. The van der Waals surface area contributed by atoms with E-state index < -0.39 is 0 Å². The van der Waals surface area contributed by atoms with Crippen LogP contribution in [-0.2, 0) is 0 Å². The maximum Gasteiger partial charge on any atom is 0.235 e. The molecule has 0 aromatic carbocycles. The second-order valence-electron chi connectivity index (χ2n) is 3.91. The summed E-state index contributed by atoms with van der Waals surface area (Å²) in [6.45, 7) is 0. The molecule has 1 atom stereocenters. The van der Waals surface area contributed by atoms with Crippen molar-refractivity contribution in [1.29, 1.82) is 0 Å². The van der Waals surface area contributed by atoms with Crippen molar-refractivity contribution in [2.45, 2.75) is 6.04 Å². The molecule has 1 unspecified atom stereocenters. The molecule has 0 aliphatic carbocycles. The number of nitrogens with zero attached hydrogens (tertiary/aromatic N) is 7. The summed E-state index contributed by atoms with van der Waals surface area (Å²) in [7, 11) is 0. The molecule has 0 spiro atoms. The average molecular weight is 237 g/mol. The highest BCUT2D eigenvalue weighted by molar-refractivity contribution is 5.88. The van der Waals surface area contributed by atoms with Gasteiger partial charge in [0.1, 0.15) is 18.1 Å². The zero-order valence-corrected chi connectivity index (χ0v) is 9.17. The van der Waals surface area contributed by atoms with Crippen LogP contribution >= 0.6 is 0 Å². The molecule has 0 saturated heterocycles. The highest BCUT2D eigenvalue weighted by atomic mass is 15.3. The van der Waals surface area contributed by atoms with E-state index in [0.717, 1.165) is 11.4 Å². The van der Waals surface area contributed by atoms with Gasteiger partial charge in [-0.3, -0.25) is 4.90 Å². The van der Waals surface area contributed by atoms with Gasteiger partial charge in [-0.05, 0) is 18.2 Å². The first-order valence-electron chi connectivity index (χ1n) is 5.43. The highest BCUT2D eigenvalue weighted by Crippen LogP contribution is 2.33. The Morgan fingerprint density at radius 2 is 2.22 bits per heavy atom. The molecule has 0 amide bonds. The molecule has 3 aliphatic rings. The lowest BCUT2D eigenvalue weighted by molar-refractivity contribution is 0.783. The third kappa shape index (κ3) is 1.24. The molecule has 0 fully saturated rings. The maximum atomic E-state index is 4.33. The topological polar surface area (TPSA) is 80.0 Å². The molecule has 0 radical (unpaired) electrons. The minimum absolute atomic E-state index is 0.0899. The van der Waals surface area contributed by atoms with Crippen molar-refractivity contribution in [2.24, 2.45) is 4.99 Å². The Labute approximate surface area is 102 Å². The summed E-state index contributed by atoms with van der Waals surface area (Å²) in [5.41, 5.74) is 1.57. The van der Waals surface area contributed by atoms with Gasteiger partial charge in [0.2, 0.25) is 5.95 Å². The number of anilines is 1. The molecular formula is C11H7N7. The standard InChI is InChI=1S/C11H7N7/c1-2-7(17-15-3-1)9-4-8-10-12-5-13-11(16-10)18(9)6-14-8/h1-6,9H. The largest absolute Gasteiger partial charge is 0.288 e. The van der Waals surface area contributed by atoms with E-state index in [1.165, 1.54) is 6.33 Å². The van der Waals surface area contributed by atoms with Crippen molar-refractivity contribution < 1.29 is 0 Å². The summed E-state index contributed by atoms with van der Waals surface area (Å²) in [4.78, 5) is 18.8. The lowest BCUT2D eigenvalue weighted by Gasteiger charge is -2.25. The van der Waals surface area contributed by atoms with Crippen LogP contribution < -0.4 is 4.90 Å². The van der Waals surface area contributed by atoms with Crippen LogP contribution in [0.25, 0.3) is 5.70 Å². The van der Waals surface area contributed by atoms with Gasteiger partial charge in [0.25, 0.3) is 0 Å². The van der Waals surface area contributed by atoms with Crippen molar-refractivity contribution in [3.63, 3.8) is 0 Å². The molecule has 18 heavy (non-hydrogen) atoms. The molecule has 86 valence electrons. The normalized spacial score (nSPS) is 19.7. The molecule has 7 heteroatoms. The van der Waals surface area contributed by atoms with Crippen LogP contribution in [0.2, 0.25) is 0 Å². The van der Waals surface area contributed by atoms with E-state index in [2.05, 4.69) is 30.1 Å². The smallest absolute Gasteiger partial charge is 0.235 e. The van der Waals surface area contributed by atoms with E-state index in [0.29, 0.717) is 11.8 Å². The quantitative estimate of drug-likeness (QED) is 0.722. The van der Waals surface area contributed by atoms with Crippen LogP contribution in [0.4, 0.5) is 5.95 Å². The zero-order chi connectivity index (χ0) is 11.9. The molecule has 5 rings (SSSR count). The van der Waals surface area contributed by atoms with Crippen molar-refractivity contribution in [2.75, 3.05) is 4.90 Å². The maximum absolute atomic E-state index is 4.33. The van der Waals surface area contributed by atoms with E-state index in [1.54, 1.807) is 12.5 Å². The molecule has 3 aliphatic heterocycles. The Balaban J connectivity index is 1.91. The number of aliphatic imine (C=N–C) groups is 1. The van der Waals surface area contributed by atoms with Gasteiger partial charge < -0.3 is 0 Å². The molecule has 7 nitrogen and oxygen atoms in total. The predicted molar refractivity (Wildman–Crippen MR) is 63.5 cm³/mol. The highest BCUT2D eigenvalue weighted by Gasteiger charge is 2.29. The van der Waals surface area contributed by atoms with Crippen molar-refractivity contribution >= 4 is 18.0 Å². The van der Waals surface area contributed by atoms with Crippen LogP contribution in [-0.4, -0.2) is 31.5 Å². The van der Waals surface area contributed by atoms with Crippen LogP contribution in [0.15, 0.2) is 35.7 Å². The number of aromatic nitrogens is 5. The molecule has 2 aromatic rings. The van der Waals surface area contributed by atoms with Crippen LogP contribution in [0.1, 0.15) is 17.6 Å². The second-order valence-corrected chi connectivity index (χ2v) is 3.91. The van der Waals surface area contributed by atoms with Crippen LogP contribution in [0, 0.1) is 0 Å². The minimum Gasteiger partial charge on any atom is -0.288 e. The Hall–Kier alpha value is -2.70. The van der Waals surface area contributed by atoms with E-state index >= 15 is 0 Å². The summed E-state index contributed by atoms with van der Waals surface area (Å²) < 4.78 is 0. The summed E-state index contributed by atoms with van der Waals surface area (Å²) >= 11 is 0. The van der Waals surface area contributed by atoms with E-state index in [-0.39, 0.29) is 6.04 Å². The van der Waals surface area contributed by atoms with Gasteiger partial charge in [-0.15, -0.1) is 0 Å². The lowest BCUT2D eigenvalue weighted by Crippen LogP contribution is -2.29. The molecule has 2 aromatic heterocycles. The Kier molecular flexibility index (Phi) is 1.76. The van der Waals surface area contributed by atoms with Crippen molar-refractivity contribution in [3.8, 4) is 0 Å². The summed E-state index contributed by atoms with van der Waals surface area (Å²) in [6, 6.07) is 3.68. The summed E-state index contributed by atoms with van der Waals surface area (Å²) in [5, 5.41) is 8.03. The Bertz CT molecular complexity index is 664. The fourth-order valence-corrected chi connectivity index (χ4v) is 2.01. The van der Waals surface area contributed by atoms with Gasteiger partial charge in [-0.25, -0.2) is 15.0 Å². The molecule has 5 heterocycles. The summed E-state index contributed by atoms with van der Waals surface area (Å²) in [5.74, 6) is 1.16. The lowest BCUT2D eigenvalue weighted by atomic mass is 10.1. The van der Waals surface area contributed by atoms with E-state index in [9.17, 15) is 0 Å². The molecule has 0 saturated carbocycles. The summed E-state index contributed by atoms with van der Waals surface area (Å²) in [6.07, 6.45) is 6.81. The fourth-order valence-electron chi connectivity index (χ4n) is 2.01. The first-order valence-corrected chi connectivity index (χ1v) is 5.43. The first kappa shape index (κ1) is 9.34. The number of hydrogen-bond donors (Lipinski definition) is 0. The SMILES string of the molecule is C1=NC2=CC(c3cccnn3)N1c1ncnc2n1. The van der Waals surface area contributed by atoms with Crippen LogP contribution in [0.5, 0.6) is 0 Å². The molecule has 4 bridgehead atoms. The monoisotopic (exact) mass is 237 g/mol. The fraction of sp³-hybridized carbons (Fsp3) is 0.0909. The van der Waals surface area contributed by atoms with Gasteiger partial charge in [0, 0.05) is 6.20 Å². The molecular weight excluding hydrogens is 230 g/mol. The minimum atomic E-state index is -0.0899. The van der Waals surface area contributed by atoms with Gasteiger partial charge in [0.05, 0.1) is 12.0 Å². The van der Waals surface area contributed by atoms with Crippen LogP contribution in [0.3, 0.4) is 0 Å². The molecule has 0 N–H and O–H groups in total. The van der Waals surface area contributed by atoms with Gasteiger partial charge >= 0.3 is 0 Å². The van der Waals surface area contributed by atoms with Crippen molar-refractivity contribution in [1.82, 2.24) is 25.1 Å². The third-order valence-electron chi connectivity index (χ3n) is 2.85. The van der Waals surface area contributed by atoms with Crippen molar-refractivity contribution in [3.05, 3.63) is 42.3 Å². The average Bonchev–Trinajstić information content (AvgIpc) is 2.64. The number of fused-ring (bicyclic) bond motifs is 1. The third-order valence-corrected chi connectivity index (χ3v) is 2.85. The zero-order valence-electron chi connectivity index (χ0n) is 9.17. The predicted octanol–water partition coefficient (Wildman–Crippen LogP) is 0.606.